The number of rotatable bonds is 2. The molecule has 0 unspecified atom stereocenters. The number of carbonyl (C=O) groups is 1. The van der Waals surface area contributed by atoms with Crippen molar-refractivity contribution in [3.05, 3.63) is 30.2 Å². The van der Waals surface area contributed by atoms with Crippen molar-refractivity contribution in [2.45, 2.75) is 45.8 Å². The van der Waals surface area contributed by atoms with Crippen molar-refractivity contribution < 1.29 is 14.1 Å². The van der Waals surface area contributed by atoms with Crippen LogP contribution in [-0.4, -0.2) is 33.5 Å². The first-order valence-electron chi connectivity index (χ1n) is 7.05. The van der Waals surface area contributed by atoms with Gasteiger partial charge < -0.3 is 9.31 Å². The standard InChI is InChI=1S/C15H19BN2O3/c1-10(19)12-9-17-13-8-11(6-7-18(12)13)16-20-14(2,3)15(4,5)21-16/h6-9H,1-5H3. The van der Waals surface area contributed by atoms with Crippen molar-refractivity contribution in [1.29, 1.82) is 0 Å². The molecule has 1 saturated heterocycles. The van der Waals surface area contributed by atoms with Gasteiger partial charge in [-0.25, -0.2) is 4.98 Å². The molecule has 3 heterocycles. The van der Waals surface area contributed by atoms with Gasteiger partial charge in [0.25, 0.3) is 0 Å². The smallest absolute Gasteiger partial charge is 0.399 e. The van der Waals surface area contributed by atoms with Crippen LogP contribution in [-0.2, 0) is 9.31 Å². The highest BCUT2D eigenvalue weighted by Gasteiger charge is 2.51. The molecular weight excluding hydrogens is 267 g/mol. The first-order chi connectivity index (χ1) is 9.71. The minimum absolute atomic E-state index is 0.00844. The Morgan fingerprint density at radius 1 is 1.24 bits per heavy atom. The van der Waals surface area contributed by atoms with Gasteiger partial charge in [-0.2, -0.15) is 0 Å². The summed E-state index contributed by atoms with van der Waals surface area (Å²) in [4.78, 5) is 15.8. The van der Waals surface area contributed by atoms with Crippen LogP contribution < -0.4 is 5.46 Å². The third kappa shape index (κ3) is 2.19. The lowest BCUT2D eigenvalue weighted by Gasteiger charge is -2.32. The summed E-state index contributed by atoms with van der Waals surface area (Å²) < 4.78 is 13.8. The predicted octanol–water partition coefficient (Wildman–Crippen LogP) is 1.84. The maximum atomic E-state index is 11.5. The number of imidazole rings is 1. The van der Waals surface area contributed by atoms with Gasteiger partial charge in [-0.3, -0.25) is 9.20 Å². The second-order valence-corrected chi connectivity index (χ2v) is 6.48. The fraction of sp³-hybridized carbons (Fsp3) is 0.467. The van der Waals surface area contributed by atoms with Crippen LogP contribution in [0.4, 0.5) is 0 Å². The summed E-state index contributed by atoms with van der Waals surface area (Å²) in [5.41, 5.74) is 1.45. The highest BCUT2D eigenvalue weighted by Crippen LogP contribution is 2.36. The molecule has 3 rings (SSSR count). The summed E-state index contributed by atoms with van der Waals surface area (Å²) in [5.74, 6) is -0.00844. The quantitative estimate of drug-likeness (QED) is 0.624. The van der Waals surface area contributed by atoms with E-state index in [0.29, 0.717) is 11.3 Å². The summed E-state index contributed by atoms with van der Waals surface area (Å²) in [6.45, 7) is 9.62. The summed E-state index contributed by atoms with van der Waals surface area (Å²) in [5, 5.41) is 0. The van der Waals surface area contributed by atoms with Crippen LogP contribution >= 0.6 is 0 Å². The monoisotopic (exact) mass is 286 g/mol. The van der Waals surface area contributed by atoms with Gasteiger partial charge in [0, 0.05) is 13.1 Å². The first-order valence-corrected chi connectivity index (χ1v) is 7.05. The second kappa shape index (κ2) is 4.42. The molecule has 0 spiro atoms. The Bertz CT molecular complexity index is 705. The molecule has 2 aromatic rings. The molecule has 2 aromatic heterocycles. The lowest BCUT2D eigenvalue weighted by molar-refractivity contribution is 0.00578. The fourth-order valence-electron chi connectivity index (χ4n) is 2.38. The molecule has 0 saturated carbocycles. The van der Waals surface area contributed by atoms with Gasteiger partial charge in [0.1, 0.15) is 11.3 Å². The summed E-state index contributed by atoms with van der Waals surface area (Å²) in [6.07, 6.45) is 3.42. The van der Waals surface area contributed by atoms with Gasteiger partial charge in [-0.1, -0.05) is 0 Å². The van der Waals surface area contributed by atoms with E-state index in [9.17, 15) is 4.79 Å². The summed E-state index contributed by atoms with van der Waals surface area (Å²) in [6, 6.07) is 3.80. The van der Waals surface area contributed by atoms with Gasteiger partial charge in [-0.15, -0.1) is 0 Å². The largest absolute Gasteiger partial charge is 0.495 e. The van der Waals surface area contributed by atoms with E-state index >= 15 is 0 Å². The summed E-state index contributed by atoms with van der Waals surface area (Å²) >= 11 is 0. The van der Waals surface area contributed by atoms with E-state index in [-0.39, 0.29) is 17.0 Å². The van der Waals surface area contributed by atoms with Crippen LogP contribution in [0.3, 0.4) is 0 Å². The zero-order chi connectivity index (χ0) is 15.4. The van der Waals surface area contributed by atoms with E-state index in [1.807, 2.05) is 46.0 Å². The molecule has 1 aliphatic heterocycles. The Morgan fingerprint density at radius 2 is 1.86 bits per heavy atom. The number of fused-ring (bicyclic) bond motifs is 1. The molecule has 110 valence electrons. The second-order valence-electron chi connectivity index (χ2n) is 6.48. The maximum absolute atomic E-state index is 11.5. The van der Waals surface area contributed by atoms with Gasteiger partial charge in [0.05, 0.1) is 17.4 Å². The van der Waals surface area contributed by atoms with E-state index < -0.39 is 7.12 Å². The van der Waals surface area contributed by atoms with Crippen LogP contribution in [0.15, 0.2) is 24.5 Å². The number of pyridine rings is 1. The molecular formula is C15H19BN2O3. The zero-order valence-electron chi connectivity index (χ0n) is 13.0. The van der Waals surface area contributed by atoms with Crippen molar-refractivity contribution in [1.82, 2.24) is 9.38 Å². The van der Waals surface area contributed by atoms with E-state index in [0.717, 1.165) is 5.46 Å². The van der Waals surface area contributed by atoms with Crippen LogP contribution in [0, 0.1) is 0 Å². The van der Waals surface area contributed by atoms with Gasteiger partial charge >= 0.3 is 7.12 Å². The van der Waals surface area contributed by atoms with Crippen molar-refractivity contribution in [3.8, 4) is 0 Å². The average Bonchev–Trinajstić information content (AvgIpc) is 2.87. The molecule has 0 N–H and O–H groups in total. The number of carbonyl (C=O) groups excluding carboxylic acids is 1. The van der Waals surface area contributed by atoms with Gasteiger partial charge in [-0.05, 0) is 45.3 Å². The van der Waals surface area contributed by atoms with Gasteiger partial charge in [0.15, 0.2) is 5.78 Å². The van der Waals surface area contributed by atoms with Crippen LogP contribution in [0.2, 0.25) is 0 Å². The third-order valence-electron chi connectivity index (χ3n) is 4.42. The molecule has 6 heteroatoms. The van der Waals surface area contributed by atoms with Crippen LogP contribution in [0.1, 0.15) is 45.1 Å². The number of hydrogen-bond acceptors (Lipinski definition) is 4. The average molecular weight is 286 g/mol. The Kier molecular flexibility index (Phi) is 3.01. The maximum Gasteiger partial charge on any atom is 0.495 e. The topological polar surface area (TPSA) is 52.8 Å². The molecule has 1 fully saturated rings. The van der Waals surface area contributed by atoms with Crippen LogP contribution in [0.25, 0.3) is 5.65 Å². The SMILES string of the molecule is CC(=O)c1cnc2cc(B3OC(C)(C)C(C)(C)O3)ccn12. The normalized spacial score (nSPS) is 20.1. The highest BCUT2D eigenvalue weighted by molar-refractivity contribution is 6.62. The first kappa shape index (κ1) is 14.3. The lowest BCUT2D eigenvalue weighted by atomic mass is 9.80. The van der Waals surface area contributed by atoms with E-state index in [1.54, 1.807) is 10.6 Å². The number of ketones is 1. The zero-order valence-corrected chi connectivity index (χ0v) is 13.0. The Labute approximate surface area is 124 Å². The van der Waals surface area contributed by atoms with Crippen molar-refractivity contribution in [2.24, 2.45) is 0 Å². The lowest BCUT2D eigenvalue weighted by Crippen LogP contribution is -2.41. The number of hydrogen-bond donors (Lipinski definition) is 0. The van der Waals surface area contributed by atoms with E-state index in [2.05, 4.69) is 4.98 Å². The molecule has 0 bridgehead atoms. The minimum atomic E-state index is -0.419. The molecule has 0 aliphatic carbocycles. The Hall–Kier alpha value is -1.66. The molecule has 5 nitrogen and oxygen atoms in total. The van der Waals surface area contributed by atoms with Crippen molar-refractivity contribution in [3.63, 3.8) is 0 Å². The molecule has 0 radical (unpaired) electrons. The van der Waals surface area contributed by atoms with Crippen molar-refractivity contribution >= 4 is 24.0 Å². The molecule has 0 amide bonds. The number of aromatic nitrogens is 2. The molecule has 21 heavy (non-hydrogen) atoms. The predicted molar refractivity (Wildman–Crippen MR) is 80.9 cm³/mol. The molecule has 0 aromatic carbocycles. The Morgan fingerprint density at radius 3 is 2.43 bits per heavy atom. The molecule has 0 atom stereocenters. The molecule has 1 aliphatic rings. The third-order valence-corrected chi connectivity index (χ3v) is 4.42. The van der Waals surface area contributed by atoms with E-state index in [1.165, 1.54) is 6.92 Å². The summed E-state index contributed by atoms with van der Waals surface area (Å²) in [7, 11) is -0.419. The highest BCUT2D eigenvalue weighted by atomic mass is 16.7. The minimum Gasteiger partial charge on any atom is -0.399 e. The fourth-order valence-corrected chi connectivity index (χ4v) is 2.38. The van der Waals surface area contributed by atoms with E-state index in [4.69, 9.17) is 9.31 Å². The number of nitrogens with zero attached hydrogens (tertiary/aromatic N) is 2. The Balaban J connectivity index is 1.98. The van der Waals surface area contributed by atoms with Crippen LogP contribution in [0.5, 0.6) is 0 Å². The van der Waals surface area contributed by atoms with Crippen molar-refractivity contribution in [2.75, 3.05) is 0 Å². The number of Topliss-reactive ketones (excluding diaryl/α,β-unsaturated/α-hetero) is 1. The van der Waals surface area contributed by atoms with Gasteiger partial charge in [0.2, 0.25) is 0 Å².